The van der Waals surface area contributed by atoms with Gasteiger partial charge in [-0.05, 0) is 30.2 Å². The highest BCUT2D eigenvalue weighted by molar-refractivity contribution is 5.78. The summed E-state index contributed by atoms with van der Waals surface area (Å²) in [6, 6.07) is 16.6. The van der Waals surface area contributed by atoms with Gasteiger partial charge in [0, 0.05) is 12.2 Å². The van der Waals surface area contributed by atoms with Gasteiger partial charge in [-0.25, -0.2) is 0 Å². The van der Waals surface area contributed by atoms with E-state index in [0.29, 0.717) is 0 Å². The fourth-order valence-corrected chi connectivity index (χ4v) is 2.32. The zero-order valence-corrected chi connectivity index (χ0v) is 9.06. The molecule has 2 aromatic rings. The normalized spacial score (nSPS) is 13.9. The molecule has 0 saturated heterocycles. The minimum atomic E-state index is 0.846. The van der Waals surface area contributed by atoms with Crippen LogP contribution in [0.25, 0.3) is 0 Å². The fourth-order valence-electron chi connectivity index (χ4n) is 2.32. The van der Waals surface area contributed by atoms with Crippen LogP contribution in [0.5, 0.6) is 0 Å². The second-order valence-electron chi connectivity index (χ2n) is 4.09. The van der Waals surface area contributed by atoms with Crippen LogP contribution in [-0.4, -0.2) is 6.54 Å². The molecule has 0 amide bonds. The van der Waals surface area contributed by atoms with Gasteiger partial charge in [0.2, 0.25) is 0 Å². The summed E-state index contributed by atoms with van der Waals surface area (Å²) in [5.41, 5.74) is 10.7. The van der Waals surface area contributed by atoms with Crippen LogP contribution in [0.3, 0.4) is 0 Å². The molecule has 0 unspecified atom stereocenters. The first-order valence-electron chi connectivity index (χ1n) is 5.56. The maximum Gasteiger partial charge on any atom is 0.0644 e. The number of benzene rings is 2. The first-order chi connectivity index (χ1) is 7.86. The molecule has 0 atom stereocenters. The first kappa shape index (κ1) is 9.28. The lowest BCUT2D eigenvalue weighted by Crippen LogP contribution is -2.14. The second-order valence-corrected chi connectivity index (χ2v) is 4.09. The van der Waals surface area contributed by atoms with Crippen LogP contribution in [0.1, 0.15) is 5.56 Å². The molecule has 0 bridgehead atoms. The predicted molar refractivity (Wildman–Crippen MR) is 68.0 cm³/mol. The van der Waals surface area contributed by atoms with E-state index in [1.54, 1.807) is 0 Å². The van der Waals surface area contributed by atoms with E-state index in [-0.39, 0.29) is 0 Å². The zero-order chi connectivity index (χ0) is 11.0. The van der Waals surface area contributed by atoms with Crippen molar-refractivity contribution in [3.8, 4) is 0 Å². The molecular formula is C14H14N2. The topological polar surface area (TPSA) is 29.3 Å². The summed E-state index contributed by atoms with van der Waals surface area (Å²) in [5.74, 6) is 0. The van der Waals surface area contributed by atoms with Crippen molar-refractivity contribution in [3.63, 3.8) is 0 Å². The molecule has 0 aliphatic carbocycles. The highest BCUT2D eigenvalue weighted by Gasteiger charge is 2.20. The van der Waals surface area contributed by atoms with Gasteiger partial charge >= 0.3 is 0 Å². The average molecular weight is 210 g/mol. The zero-order valence-electron chi connectivity index (χ0n) is 9.06. The molecule has 2 heteroatoms. The Balaban J connectivity index is 2.08. The summed E-state index contributed by atoms with van der Waals surface area (Å²) in [6.07, 6.45) is 1.10. The Labute approximate surface area is 95.3 Å². The van der Waals surface area contributed by atoms with Crippen LogP contribution in [-0.2, 0) is 6.42 Å². The Morgan fingerprint density at radius 1 is 0.875 bits per heavy atom. The fraction of sp³-hybridized carbons (Fsp3) is 0.143. The number of para-hydroxylation sites is 3. The van der Waals surface area contributed by atoms with E-state index in [0.717, 1.165) is 24.3 Å². The molecule has 2 aromatic carbocycles. The average Bonchev–Trinajstić information content (AvgIpc) is 2.74. The van der Waals surface area contributed by atoms with Gasteiger partial charge in [0.25, 0.3) is 0 Å². The molecule has 2 N–H and O–H groups in total. The third-order valence-corrected chi connectivity index (χ3v) is 3.11. The number of nitrogens with two attached hydrogens (primary N) is 1. The van der Waals surface area contributed by atoms with Crippen LogP contribution in [0.15, 0.2) is 48.5 Å². The number of nitrogens with zero attached hydrogens (tertiary/aromatic N) is 1. The third kappa shape index (κ3) is 1.34. The van der Waals surface area contributed by atoms with Gasteiger partial charge < -0.3 is 10.6 Å². The van der Waals surface area contributed by atoms with Gasteiger partial charge in [0.15, 0.2) is 0 Å². The van der Waals surface area contributed by atoms with E-state index < -0.39 is 0 Å². The SMILES string of the molecule is Nc1ccccc1N1CCc2ccccc21. The lowest BCUT2D eigenvalue weighted by atomic mass is 10.2. The molecule has 0 fully saturated rings. The number of nitrogen functional groups attached to an aromatic ring is 1. The standard InChI is InChI=1S/C14H14N2/c15-12-6-2-4-8-14(12)16-10-9-11-5-1-3-7-13(11)16/h1-8H,9-10,15H2. The van der Waals surface area contributed by atoms with E-state index in [1.807, 2.05) is 18.2 Å². The van der Waals surface area contributed by atoms with E-state index in [1.165, 1.54) is 11.3 Å². The summed E-state index contributed by atoms with van der Waals surface area (Å²) in [5, 5.41) is 0. The summed E-state index contributed by atoms with van der Waals surface area (Å²) < 4.78 is 0. The molecule has 16 heavy (non-hydrogen) atoms. The lowest BCUT2D eigenvalue weighted by Gasteiger charge is -2.21. The quantitative estimate of drug-likeness (QED) is 0.733. The highest BCUT2D eigenvalue weighted by Crippen LogP contribution is 2.36. The van der Waals surface area contributed by atoms with E-state index in [2.05, 4.69) is 35.2 Å². The first-order valence-corrected chi connectivity index (χ1v) is 5.56. The van der Waals surface area contributed by atoms with E-state index in [9.17, 15) is 0 Å². The van der Waals surface area contributed by atoms with E-state index in [4.69, 9.17) is 5.73 Å². The second kappa shape index (κ2) is 3.56. The largest absolute Gasteiger partial charge is 0.397 e. The van der Waals surface area contributed by atoms with Crippen LogP contribution >= 0.6 is 0 Å². The molecule has 0 radical (unpaired) electrons. The number of rotatable bonds is 1. The van der Waals surface area contributed by atoms with Crippen molar-refractivity contribution >= 4 is 17.1 Å². The summed E-state index contributed by atoms with van der Waals surface area (Å²) in [6.45, 7) is 1.02. The number of hydrogen-bond donors (Lipinski definition) is 1. The predicted octanol–water partition coefficient (Wildman–Crippen LogP) is 2.96. The van der Waals surface area contributed by atoms with Crippen LogP contribution in [0.2, 0.25) is 0 Å². The van der Waals surface area contributed by atoms with Crippen molar-refractivity contribution in [2.75, 3.05) is 17.2 Å². The van der Waals surface area contributed by atoms with Gasteiger partial charge in [-0.3, -0.25) is 0 Å². The van der Waals surface area contributed by atoms with Crippen LogP contribution < -0.4 is 10.6 Å². The molecule has 3 rings (SSSR count). The van der Waals surface area contributed by atoms with Gasteiger partial charge in [-0.15, -0.1) is 0 Å². The van der Waals surface area contributed by atoms with Crippen molar-refractivity contribution in [3.05, 3.63) is 54.1 Å². The summed E-state index contributed by atoms with van der Waals surface area (Å²) in [7, 11) is 0. The van der Waals surface area contributed by atoms with Crippen LogP contribution in [0.4, 0.5) is 17.1 Å². The maximum absolute atomic E-state index is 6.02. The number of fused-ring (bicyclic) bond motifs is 1. The Morgan fingerprint density at radius 2 is 1.56 bits per heavy atom. The maximum atomic E-state index is 6.02. The van der Waals surface area contributed by atoms with Crippen molar-refractivity contribution in [1.82, 2.24) is 0 Å². The van der Waals surface area contributed by atoms with Crippen molar-refractivity contribution < 1.29 is 0 Å². The van der Waals surface area contributed by atoms with Crippen LogP contribution in [0, 0.1) is 0 Å². The number of anilines is 3. The monoisotopic (exact) mass is 210 g/mol. The molecule has 80 valence electrons. The smallest absolute Gasteiger partial charge is 0.0644 e. The van der Waals surface area contributed by atoms with Gasteiger partial charge in [0.1, 0.15) is 0 Å². The molecule has 1 heterocycles. The highest BCUT2D eigenvalue weighted by atomic mass is 15.2. The molecule has 2 nitrogen and oxygen atoms in total. The van der Waals surface area contributed by atoms with E-state index >= 15 is 0 Å². The minimum Gasteiger partial charge on any atom is -0.397 e. The van der Waals surface area contributed by atoms with Crippen molar-refractivity contribution in [2.24, 2.45) is 0 Å². The van der Waals surface area contributed by atoms with Gasteiger partial charge in [-0.2, -0.15) is 0 Å². The number of hydrogen-bond acceptors (Lipinski definition) is 2. The Bertz CT molecular complexity index is 520. The molecule has 0 aromatic heterocycles. The molecular weight excluding hydrogens is 196 g/mol. The molecule has 0 saturated carbocycles. The Hall–Kier alpha value is -1.96. The lowest BCUT2D eigenvalue weighted by molar-refractivity contribution is 1.000. The summed E-state index contributed by atoms with van der Waals surface area (Å²) >= 11 is 0. The Kier molecular flexibility index (Phi) is 2.07. The minimum absolute atomic E-state index is 0.846. The Morgan fingerprint density at radius 3 is 2.38 bits per heavy atom. The molecule has 1 aliphatic rings. The van der Waals surface area contributed by atoms with Gasteiger partial charge in [0.05, 0.1) is 11.4 Å². The van der Waals surface area contributed by atoms with Gasteiger partial charge in [-0.1, -0.05) is 30.3 Å². The summed E-state index contributed by atoms with van der Waals surface area (Å²) in [4.78, 5) is 2.30. The third-order valence-electron chi connectivity index (χ3n) is 3.11. The van der Waals surface area contributed by atoms with Crippen molar-refractivity contribution in [1.29, 1.82) is 0 Å². The molecule has 0 spiro atoms. The molecule has 1 aliphatic heterocycles. The van der Waals surface area contributed by atoms with Crippen molar-refractivity contribution in [2.45, 2.75) is 6.42 Å².